The Morgan fingerprint density at radius 3 is 2.74 bits per heavy atom. The second-order valence-electron chi connectivity index (χ2n) is 4.14. The number of halogens is 3. The number of hydrogen-bond acceptors (Lipinski definition) is 5. The molecular weight excluding hydrogens is 267 g/mol. The van der Waals surface area contributed by atoms with Gasteiger partial charge in [-0.2, -0.15) is 13.2 Å². The van der Waals surface area contributed by atoms with Crippen LogP contribution in [0.4, 0.5) is 19.1 Å². The van der Waals surface area contributed by atoms with Crippen LogP contribution < -0.4 is 4.90 Å². The lowest BCUT2D eigenvalue weighted by molar-refractivity contribution is -0.141. The highest BCUT2D eigenvalue weighted by Gasteiger charge is 2.39. The minimum Gasteiger partial charge on any atom is -0.480 e. The fourth-order valence-electron chi connectivity index (χ4n) is 1.91. The molecule has 9 heteroatoms. The van der Waals surface area contributed by atoms with Crippen LogP contribution in [-0.4, -0.2) is 44.8 Å². The third-order valence-electron chi connectivity index (χ3n) is 2.75. The van der Waals surface area contributed by atoms with Crippen LogP contribution >= 0.6 is 0 Å². The van der Waals surface area contributed by atoms with Gasteiger partial charge in [-0.05, 0) is 6.07 Å². The molecule has 1 fully saturated rings. The van der Waals surface area contributed by atoms with E-state index in [0.29, 0.717) is 6.07 Å². The predicted octanol–water partition coefficient (Wildman–Crippen LogP) is 0.520. The van der Waals surface area contributed by atoms with Crippen molar-refractivity contribution >= 4 is 11.9 Å². The molecule has 2 rings (SSSR count). The SMILES string of the molecule is O=C(O)C1CC(O)CN1c1nccc(C(F)(F)F)n1. The van der Waals surface area contributed by atoms with Crippen molar-refractivity contribution in [2.75, 3.05) is 11.4 Å². The number of alkyl halides is 3. The average Bonchev–Trinajstić information content (AvgIpc) is 2.71. The van der Waals surface area contributed by atoms with Crippen molar-refractivity contribution in [1.29, 1.82) is 0 Å². The molecule has 2 atom stereocenters. The first-order chi connectivity index (χ1) is 8.79. The van der Waals surface area contributed by atoms with Crippen molar-refractivity contribution in [3.8, 4) is 0 Å². The smallest absolute Gasteiger partial charge is 0.433 e. The summed E-state index contributed by atoms with van der Waals surface area (Å²) in [4.78, 5) is 19.0. The highest BCUT2D eigenvalue weighted by molar-refractivity contribution is 5.78. The summed E-state index contributed by atoms with van der Waals surface area (Å²) in [5, 5.41) is 18.4. The Kier molecular flexibility index (Phi) is 3.31. The summed E-state index contributed by atoms with van der Waals surface area (Å²) in [6, 6.07) is -0.426. The van der Waals surface area contributed by atoms with Crippen molar-refractivity contribution in [3.05, 3.63) is 18.0 Å². The predicted molar refractivity (Wildman–Crippen MR) is 56.4 cm³/mol. The molecule has 1 aliphatic heterocycles. The molecule has 0 saturated carbocycles. The molecule has 0 bridgehead atoms. The molecule has 1 aliphatic rings. The number of aromatic nitrogens is 2. The van der Waals surface area contributed by atoms with Crippen molar-refractivity contribution in [3.63, 3.8) is 0 Å². The van der Waals surface area contributed by atoms with Gasteiger partial charge in [0, 0.05) is 19.2 Å². The molecule has 0 aromatic carbocycles. The van der Waals surface area contributed by atoms with E-state index in [9.17, 15) is 23.1 Å². The number of nitrogens with zero attached hydrogens (tertiary/aromatic N) is 3. The summed E-state index contributed by atoms with van der Waals surface area (Å²) in [6.45, 7) is -0.113. The van der Waals surface area contributed by atoms with E-state index in [2.05, 4.69) is 9.97 Å². The van der Waals surface area contributed by atoms with E-state index in [1.165, 1.54) is 0 Å². The number of carboxylic acids is 1. The topological polar surface area (TPSA) is 86.5 Å². The Balaban J connectivity index is 2.33. The van der Waals surface area contributed by atoms with Gasteiger partial charge in [0.2, 0.25) is 5.95 Å². The summed E-state index contributed by atoms with van der Waals surface area (Å²) in [5.74, 6) is -1.59. The van der Waals surface area contributed by atoms with E-state index in [1.54, 1.807) is 0 Å². The molecule has 6 nitrogen and oxygen atoms in total. The molecule has 2 N–H and O–H groups in total. The molecular formula is C10H10F3N3O3. The lowest BCUT2D eigenvalue weighted by Crippen LogP contribution is -2.37. The zero-order valence-corrected chi connectivity index (χ0v) is 9.50. The zero-order valence-electron chi connectivity index (χ0n) is 9.50. The minimum absolute atomic E-state index is 0.0745. The maximum absolute atomic E-state index is 12.5. The van der Waals surface area contributed by atoms with Crippen LogP contribution in [-0.2, 0) is 11.0 Å². The second kappa shape index (κ2) is 4.65. The number of β-amino-alcohol motifs (C(OH)–C–C–N with tert-alkyl or cyclic N) is 1. The Hall–Kier alpha value is -1.90. The van der Waals surface area contributed by atoms with Gasteiger partial charge in [-0.1, -0.05) is 0 Å². The first kappa shape index (κ1) is 13.5. The number of aliphatic carboxylic acids is 1. The average molecular weight is 277 g/mol. The molecule has 104 valence electrons. The van der Waals surface area contributed by atoms with Crippen molar-refractivity contribution in [2.24, 2.45) is 0 Å². The van der Waals surface area contributed by atoms with E-state index in [1.807, 2.05) is 0 Å². The van der Waals surface area contributed by atoms with Gasteiger partial charge in [0.1, 0.15) is 11.7 Å². The summed E-state index contributed by atoms with van der Waals surface area (Å²) >= 11 is 0. The van der Waals surface area contributed by atoms with Gasteiger partial charge in [0.25, 0.3) is 0 Å². The van der Waals surface area contributed by atoms with Crippen molar-refractivity contribution in [2.45, 2.75) is 24.7 Å². The highest BCUT2D eigenvalue weighted by atomic mass is 19.4. The first-order valence-electron chi connectivity index (χ1n) is 5.37. The Morgan fingerprint density at radius 2 is 2.16 bits per heavy atom. The van der Waals surface area contributed by atoms with E-state index < -0.39 is 30.0 Å². The molecule has 0 radical (unpaired) electrons. The molecule has 19 heavy (non-hydrogen) atoms. The molecule has 0 aliphatic carbocycles. The number of anilines is 1. The van der Waals surface area contributed by atoms with E-state index in [0.717, 1.165) is 11.1 Å². The molecule has 1 aromatic heterocycles. The van der Waals surface area contributed by atoms with Crippen molar-refractivity contribution in [1.82, 2.24) is 9.97 Å². The van der Waals surface area contributed by atoms with Gasteiger partial charge in [0.15, 0.2) is 0 Å². The van der Waals surface area contributed by atoms with E-state index >= 15 is 0 Å². The third kappa shape index (κ3) is 2.75. The number of aliphatic hydroxyl groups excluding tert-OH is 1. The number of hydrogen-bond donors (Lipinski definition) is 2. The summed E-state index contributed by atoms with van der Waals surface area (Å²) in [5.41, 5.74) is -1.15. The van der Waals surface area contributed by atoms with Gasteiger partial charge < -0.3 is 15.1 Å². The minimum atomic E-state index is -4.63. The van der Waals surface area contributed by atoms with Crippen LogP contribution in [0.15, 0.2) is 12.3 Å². The van der Waals surface area contributed by atoms with Gasteiger partial charge in [-0.25, -0.2) is 14.8 Å². The van der Waals surface area contributed by atoms with Crippen LogP contribution in [0, 0.1) is 0 Å². The molecule has 1 saturated heterocycles. The summed E-state index contributed by atoms with van der Waals surface area (Å²) in [7, 11) is 0. The number of carbonyl (C=O) groups is 1. The number of rotatable bonds is 2. The monoisotopic (exact) mass is 277 g/mol. The Bertz CT molecular complexity index is 494. The molecule has 2 heterocycles. The lowest BCUT2D eigenvalue weighted by atomic mass is 10.2. The zero-order chi connectivity index (χ0) is 14.2. The van der Waals surface area contributed by atoms with Crippen LogP contribution in [0.5, 0.6) is 0 Å². The molecule has 0 spiro atoms. The van der Waals surface area contributed by atoms with Gasteiger partial charge in [-0.3, -0.25) is 0 Å². The summed E-state index contributed by atoms with van der Waals surface area (Å²) in [6.07, 6.45) is -4.72. The third-order valence-corrected chi connectivity index (χ3v) is 2.75. The van der Waals surface area contributed by atoms with Gasteiger partial charge in [-0.15, -0.1) is 0 Å². The maximum Gasteiger partial charge on any atom is 0.433 e. The summed E-state index contributed by atoms with van der Waals surface area (Å²) < 4.78 is 37.5. The fraction of sp³-hybridized carbons (Fsp3) is 0.500. The van der Waals surface area contributed by atoms with Crippen LogP contribution in [0.2, 0.25) is 0 Å². The van der Waals surface area contributed by atoms with Crippen LogP contribution in [0.1, 0.15) is 12.1 Å². The molecule has 2 unspecified atom stereocenters. The normalized spacial score (nSPS) is 23.7. The highest BCUT2D eigenvalue weighted by Crippen LogP contribution is 2.29. The first-order valence-corrected chi connectivity index (χ1v) is 5.37. The quantitative estimate of drug-likeness (QED) is 0.819. The standard InChI is InChI=1S/C10H10F3N3O3/c11-10(12,13)7-1-2-14-9(15-7)16-4-5(17)3-6(16)8(18)19/h1-2,5-6,17H,3-4H2,(H,18,19). The molecule has 1 aromatic rings. The lowest BCUT2D eigenvalue weighted by Gasteiger charge is -2.21. The van der Waals surface area contributed by atoms with Crippen molar-refractivity contribution < 1.29 is 28.2 Å². The number of aliphatic hydroxyl groups is 1. The largest absolute Gasteiger partial charge is 0.480 e. The molecule has 0 amide bonds. The Labute approximate surface area is 105 Å². The fourth-order valence-corrected chi connectivity index (χ4v) is 1.91. The Morgan fingerprint density at radius 1 is 1.47 bits per heavy atom. The number of carboxylic acid groups (broad SMARTS) is 1. The van der Waals surface area contributed by atoms with E-state index in [4.69, 9.17) is 5.11 Å². The second-order valence-corrected chi connectivity index (χ2v) is 4.14. The van der Waals surface area contributed by atoms with Crippen LogP contribution in [0.3, 0.4) is 0 Å². The maximum atomic E-state index is 12.5. The van der Waals surface area contributed by atoms with Crippen LogP contribution in [0.25, 0.3) is 0 Å². The van der Waals surface area contributed by atoms with Gasteiger partial charge in [0.05, 0.1) is 6.10 Å². The van der Waals surface area contributed by atoms with E-state index in [-0.39, 0.29) is 18.9 Å². The van der Waals surface area contributed by atoms with Gasteiger partial charge >= 0.3 is 12.1 Å².